The molecule has 0 unspecified atom stereocenters. The van der Waals surface area contributed by atoms with Crippen molar-refractivity contribution in [3.05, 3.63) is 27.0 Å². The lowest BCUT2D eigenvalue weighted by molar-refractivity contribution is 0.617. The lowest BCUT2D eigenvalue weighted by atomic mass is 10.0. The van der Waals surface area contributed by atoms with Crippen LogP contribution in [0.5, 0.6) is 0 Å². The number of rotatable bonds is 4. The summed E-state index contributed by atoms with van der Waals surface area (Å²) in [6.07, 6.45) is 2.98. The van der Waals surface area contributed by atoms with Gasteiger partial charge in [-0.1, -0.05) is 34.8 Å². The standard InChI is InChI=1S/C9H12Cl3N3.ClH/c10-5-4-15-9(12)8(11)7(5)6(14)2-1-3-13;/h4,6H,1-3,13-14H2;1H/t6-;/m0./s1. The monoisotopic (exact) mass is 303 g/mol. The van der Waals surface area contributed by atoms with E-state index in [9.17, 15) is 0 Å². The maximum Gasteiger partial charge on any atom is 0.148 e. The third-order valence-electron chi connectivity index (χ3n) is 2.06. The molecular formula is C9H13Cl4N3. The molecule has 3 nitrogen and oxygen atoms in total. The Kier molecular flexibility index (Phi) is 7.64. The number of pyridine rings is 1. The Balaban J connectivity index is 0.00000225. The minimum absolute atomic E-state index is 0. The van der Waals surface area contributed by atoms with Crippen LogP contribution in [0, 0.1) is 0 Å². The van der Waals surface area contributed by atoms with E-state index in [2.05, 4.69) is 4.98 Å². The van der Waals surface area contributed by atoms with Crippen LogP contribution in [0.1, 0.15) is 24.4 Å². The van der Waals surface area contributed by atoms with E-state index in [1.165, 1.54) is 6.20 Å². The zero-order valence-electron chi connectivity index (χ0n) is 8.42. The normalized spacial score (nSPS) is 12.1. The minimum atomic E-state index is -0.256. The van der Waals surface area contributed by atoms with E-state index in [1.807, 2.05) is 0 Å². The molecule has 0 radical (unpaired) electrons. The van der Waals surface area contributed by atoms with Crippen molar-refractivity contribution in [3.8, 4) is 0 Å². The molecule has 1 rings (SSSR count). The molecule has 1 aromatic heterocycles. The fourth-order valence-corrected chi connectivity index (χ4v) is 2.05. The molecule has 0 saturated heterocycles. The smallest absolute Gasteiger partial charge is 0.148 e. The second-order valence-corrected chi connectivity index (χ2v) is 4.31. The third-order valence-corrected chi connectivity index (χ3v) is 3.12. The summed E-state index contributed by atoms with van der Waals surface area (Å²) in [7, 11) is 0. The molecule has 0 amide bonds. The first-order valence-electron chi connectivity index (χ1n) is 4.53. The lowest BCUT2D eigenvalue weighted by Crippen LogP contribution is -2.14. The summed E-state index contributed by atoms with van der Waals surface area (Å²) in [5.41, 5.74) is 12.0. The average molecular weight is 305 g/mol. The van der Waals surface area contributed by atoms with Crippen molar-refractivity contribution in [3.63, 3.8) is 0 Å². The maximum atomic E-state index is 5.98. The molecule has 1 atom stereocenters. The fourth-order valence-electron chi connectivity index (χ4n) is 1.28. The number of hydrogen-bond acceptors (Lipinski definition) is 3. The first-order chi connectivity index (χ1) is 7.07. The van der Waals surface area contributed by atoms with Crippen molar-refractivity contribution in [2.45, 2.75) is 18.9 Å². The molecule has 16 heavy (non-hydrogen) atoms. The Morgan fingerprint density at radius 1 is 1.31 bits per heavy atom. The van der Waals surface area contributed by atoms with E-state index in [0.29, 0.717) is 22.2 Å². The van der Waals surface area contributed by atoms with Crippen molar-refractivity contribution >= 4 is 47.2 Å². The summed E-state index contributed by atoms with van der Waals surface area (Å²) in [5, 5.41) is 0.988. The van der Waals surface area contributed by atoms with Crippen LogP contribution in [-0.4, -0.2) is 11.5 Å². The highest BCUT2D eigenvalue weighted by molar-refractivity contribution is 6.43. The molecule has 1 heterocycles. The predicted molar refractivity (Wildman–Crippen MR) is 71.7 cm³/mol. The van der Waals surface area contributed by atoms with Gasteiger partial charge in [0.15, 0.2) is 0 Å². The van der Waals surface area contributed by atoms with Gasteiger partial charge in [0.05, 0.1) is 10.0 Å². The molecule has 0 saturated carbocycles. The summed E-state index contributed by atoms with van der Waals surface area (Å²) in [6, 6.07) is -0.256. The summed E-state index contributed by atoms with van der Waals surface area (Å²) in [5.74, 6) is 0. The molecule has 0 aliphatic heterocycles. The second kappa shape index (κ2) is 7.54. The Hall–Kier alpha value is 0.230. The topological polar surface area (TPSA) is 64.9 Å². The third kappa shape index (κ3) is 3.91. The van der Waals surface area contributed by atoms with Crippen LogP contribution in [0.2, 0.25) is 15.2 Å². The molecule has 0 spiro atoms. The number of nitrogens with zero attached hydrogens (tertiary/aromatic N) is 1. The molecule has 0 bridgehead atoms. The predicted octanol–water partition coefficient (Wildman–Crippen LogP) is 3.20. The number of halogens is 4. The van der Waals surface area contributed by atoms with Gasteiger partial charge in [0.2, 0.25) is 0 Å². The van der Waals surface area contributed by atoms with Gasteiger partial charge in [0, 0.05) is 17.8 Å². The molecule has 7 heteroatoms. The highest BCUT2D eigenvalue weighted by atomic mass is 35.5. The van der Waals surface area contributed by atoms with Gasteiger partial charge in [-0.05, 0) is 19.4 Å². The molecule has 0 aliphatic carbocycles. The molecule has 1 aromatic rings. The number of nitrogens with two attached hydrogens (primary N) is 2. The van der Waals surface area contributed by atoms with E-state index in [0.717, 1.165) is 12.8 Å². The molecule has 0 aromatic carbocycles. The Morgan fingerprint density at radius 3 is 2.50 bits per heavy atom. The van der Waals surface area contributed by atoms with Gasteiger partial charge in [0.25, 0.3) is 0 Å². The first kappa shape index (κ1) is 16.2. The van der Waals surface area contributed by atoms with Gasteiger partial charge < -0.3 is 11.5 Å². The maximum absolute atomic E-state index is 5.98. The van der Waals surface area contributed by atoms with Crippen molar-refractivity contribution < 1.29 is 0 Å². The molecule has 92 valence electrons. The van der Waals surface area contributed by atoms with Crippen molar-refractivity contribution in [2.24, 2.45) is 11.5 Å². The Bertz CT molecular complexity index is 346. The second-order valence-electron chi connectivity index (χ2n) is 3.16. The van der Waals surface area contributed by atoms with Crippen molar-refractivity contribution in [1.29, 1.82) is 0 Å². The fraction of sp³-hybridized carbons (Fsp3) is 0.444. The summed E-state index contributed by atoms with van der Waals surface area (Å²) in [4.78, 5) is 3.82. The first-order valence-corrected chi connectivity index (χ1v) is 5.66. The van der Waals surface area contributed by atoms with Crippen LogP contribution in [0.3, 0.4) is 0 Å². The van der Waals surface area contributed by atoms with E-state index < -0.39 is 0 Å². The lowest BCUT2D eigenvalue weighted by Gasteiger charge is -2.15. The highest BCUT2D eigenvalue weighted by Gasteiger charge is 2.16. The SMILES string of the molecule is Cl.NCCC[C@H](N)c1c(Cl)cnc(Cl)c1Cl. The average Bonchev–Trinajstić information content (AvgIpc) is 2.21. The van der Waals surface area contributed by atoms with Gasteiger partial charge in [0.1, 0.15) is 5.15 Å². The molecular weight excluding hydrogens is 292 g/mol. The Morgan fingerprint density at radius 2 is 1.94 bits per heavy atom. The van der Waals surface area contributed by atoms with Crippen LogP contribution in [0.15, 0.2) is 6.20 Å². The van der Waals surface area contributed by atoms with Gasteiger partial charge in [-0.15, -0.1) is 12.4 Å². The largest absolute Gasteiger partial charge is 0.330 e. The van der Waals surface area contributed by atoms with Crippen molar-refractivity contribution in [2.75, 3.05) is 6.54 Å². The van der Waals surface area contributed by atoms with E-state index >= 15 is 0 Å². The molecule has 0 aliphatic rings. The van der Waals surface area contributed by atoms with Crippen LogP contribution < -0.4 is 11.5 Å². The minimum Gasteiger partial charge on any atom is -0.330 e. The van der Waals surface area contributed by atoms with Gasteiger partial charge in [-0.3, -0.25) is 0 Å². The van der Waals surface area contributed by atoms with Crippen molar-refractivity contribution in [1.82, 2.24) is 4.98 Å². The number of aromatic nitrogens is 1. The molecule has 4 N–H and O–H groups in total. The summed E-state index contributed by atoms with van der Waals surface area (Å²) < 4.78 is 0. The zero-order valence-corrected chi connectivity index (χ0v) is 11.5. The van der Waals surface area contributed by atoms with E-state index in [1.54, 1.807) is 0 Å². The van der Waals surface area contributed by atoms with E-state index in [-0.39, 0.29) is 23.6 Å². The van der Waals surface area contributed by atoms with E-state index in [4.69, 9.17) is 46.3 Å². The van der Waals surface area contributed by atoms with Gasteiger partial charge in [-0.25, -0.2) is 4.98 Å². The Labute approximate surface area is 116 Å². The van der Waals surface area contributed by atoms with Crippen LogP contribution in [-0.2, 0) is 0 Å². The van der Waals surface area contributed by atoms with Crippen LogP contribution in [0.4, 0.5) is 0 Å². The highest BCUT2D eigenvalue weighted by Crippen LogP contribution is 2.34. The van der Waals surface area contributed by atoms with Crippen LogP contribution in [0.25, 0.3) is 0 Å². The van der Waals surface area contributed by atoms with Gasteiger partial charge in [-0.2, -0.15) is 0 Å². The molecule has 0 fully saturated rings. The van der Waals surface area contributed by atoms with Gasteiger partial charge >= 0.3 is 0 Å². The summed E-state index contributed by atoms with van der Waals surface area (Å²) >= 11 is 17.7. The zero-order chi connectivity index (χ0) is 11.4. The quantitative estimate of drug-likeness (QED) is 0.840. The summed E-state index contributed by atoms with van der Waals surface area (Å²) in [6.45, 7) is 0.585. The van der Waals surface area contributed by atoms with Crippen LogP contribution >= 0.6 is 47.2 Å². The number of hydrogen-bond donors (Lipinski definition) is 2.